The lowest BCUT2D eigenvalue weighted by Gasteiger charge is -2.35. The van der Waals surface area contributed by atoms with E-state index >= 15 is 0 Å². The number of fused-ring (bicyclic) bond motifs is 1. The van der Waals surface area contributed by atoms with Gasteiger partial charge in [0.25, 0.3) is 0 Å². The van der Waals surface area contributed by atoms with E-state index in [1.807, 2.05) is 60.7 Å². The van der Waals surface area contributed by atoms with Gasteiger partial charge in [-0.05, 0) is 34.9 Å². The first-order valence-corrected chi connectivity index (χ1v) is 11.8. The van der Waals surface area contributed by atoms with E-state index in [1.165, 1.54) is 0 Å². The Labute approximate surface area is 178 Å². The lowest BCUT2D eigenvalue weighted by molar-refractivity contribution is 0.0701. The fraction of sp³-hybridized carbons (Fsp3) is 0.304. The number of piperidine rings is 1. The van der Waals surface area contributed by atoms with Crippen molar-refractivity contribution in [3.05, 3.63) is 78.4 Å². The Kier molecular flexibility index (Phi) is 6.25. The molecule has 6 heteroatoms. The lowest BCUT2D eigenvalue weighted by atomic mass is 10.00. The molecule has 1 aliphatic rings. The van der Waals surface area contributed by atoms with Crippen LogP contribution < -0.4 is 0 Å². The molecule has 152 valence electrons. The van der Waals surface area contributed by atoms with Gasteiger partial charge in [0.1, 0.15) is 0 Å². The highest BCUT2D eigenvalue weighted by Gasteiger charge is 2.34. The quantitative estimate of drug-likeness (QED) is 0.595. The summed E-state index contributed by atoms with van der Waals surface area (Å²) in [6, 6.07) is 23.1. The van der Waals surface area contributed by atoms with Crippen LogP contribution >= 0.6 is 12.6 Å². The highest BCUT2D eigenvalue weighted by molar-refractivity contribution is 7.89. The minimum atomic E-state index is -3.54. The normalized spacial score (nSPS) is 20.7. The minimum Gasteiger partial charge on any atom is -0.376 e. The molecule has 0 N–H and O–H groups in total. The summed E-state index contributed by atoms with van der Waals surface area (Å²) < 4.78 is 33.9. The molecule has 0 bridgehead atoms. The smallest absolute Gasteiger partial charge is 0.243 e. The Hall–Kier alpha value is -1.86. The topological polar surface area (TPSA) is 46.6 Å². The monoisotopic (exact) mass is 427 g/mol. The van der Waals surface area contributed by atoms with Crippen molar-refractivity contribution in [3.63, 3.8) is 0 Å². The predicted molar refractivity (Wildman–Crippen MR) is 120 cm³/mol. The van der Waals surface area contributed by atoms with Crippen LogP contribution in [0.3, 0.4) is 0 Å². The number of rotatable bonds is 6. The molecular formula is C23H25NO3S2. The van der Waals surface area contributed by atoms with E-state index in [9.17, 15) is 8.42 Å². The number of benzene rings is 3. The summed E-state index contributed by atoms with van der Waals surface area (Å²) in [4.78, 5) is 0.345. The molecule has 2 atom stereocenters. The van der Waals surface area contributed by atoms with Crippen molar-refractivity contribution in [2.24, 2.45) is 5.92 Å². The lowest BCUT2D eigenvalue weighted by Crippen LogP contribution is -2.45. The van der Waals surface area contributed by atoms with E-state index in [1.54, 1.807) is 16.4 Å². The Morgan fingerprint density at radius 3 is 2.48 bits per heavy atom. The molecule has 0 aromatic heterocycles. The maximum atomic E-state index is 13.2. The van der Waals surface area contributed by atoms with Gasteiger partial charge in [-0.1, -0.05) is 60.7 Å². The van der Waals surface area contributed by atoms with Crippen LogP contribution in [0.15, 0.2) is 77.7 Å². The van der Waals surface area contributed by atoms with E-state index in [2.05, 4.69) is 12.6 Å². The van der Waals surface area contributed by atoms with Gasteiger partial charge in [-0.25, -0.2) is 8.42 Å². The SMILES string of the molecule is O=S(=O)(c1ccc2ccccc2c1)N1CC[C@@H](S)[C@@H](COCc2ccccc2)C1. The molecule has 1 heterocycles. The van der Waals surface area contributed by atoms with Gasteiger partial charge < -0.3 is 4.74 Å². The van der Waals surface area contributed by atoms with Gasteiger partial charge in [0, 0.05) is 24.3 Å². The van der Waals surface area contributed by atoms with Gasteiger partial charge in [0.05, 0.1) is 18.1 Å². The van der Waals surface area contributed by atoms with Crippen LogP contribution in [0.25, 0.3) is 10.8 Å². The van der Waals surface area contributed by atoms with Crippen molar-refractivity contribution < 1.29 is 13.2 Å². The zero-order valence-electron chi connectivity index (χ0n) is 16.1. The third-order valence-electron chi connectivity index (χ3n) is 5.46. The summed E-state index contributed by atoms with van der Waals surface area (Å²) in [5.41, 5.74) is 1.11. The maximum Gasteiger partial charge on any atom is 0.243 e. The summed E-state index contributed by atoms with van der Waals surface area (Å²) in [6.07, 6.45) is 0.718. The summed E-state index contributed by atoms with van der Waals surface area (Å²) in [7, 11) is -3.54. The third-order valence-corrected chi connectivity index (χ3v) is 8.00. The third kappa shape index (κ3) is 4.67. The maximum absolute atomic E-state index is 13.2. The minimum absolute atomic E-state index is 0.0611. The molecular weight excluding hydrogens is 402 g/mol. The van der Waals surface area contributed by atoms with E-state index in [0.717, 1.165) is 22.8 Å². The van der Waals surface area contributed by atoms with E-state index in [0.29, 0.717) is 31.2 Å². The molecule has 1 saturated heterocycles. The van der Waals surface area contributed by atoms with Crippen molar-refractivity contribution in [3.8, 4) is 0 Å². The molecule has 0 amide bonds. The second-order valence-corrected chi connectivity index (χ2v) is 10.1. The van der Waals surface area contributed by atoms with Crippen LogP contribution in [0.5, 0.6) is 0 Å². The van der Waals surface area contributed by atoms with Gasteiger partial charge in [-0.2, -0.15) is 16.9 Å². The number of thiol groups is 1. The molecule has 0 unspecified atom stereocenters. The van der Waals surface area contributed by atoms with Crippen LogP contribution in [-0.4, -0.2) is 37.7 Å². The van der Waals surface area contributed by atoms with Gasteiger partial charge in [0.2, 0.25) is 10.0 Å². The Bertz CT molecular complexity index is 1070. The second kappa shape index (κ2) is 8.88. The Balaban J connectivity index is 1.45. The van der Waals surface area contributed by atoms with Crippen molar-refractivity contribution in [1.82, 2.24) is 4.31 Å². The molecule has 0 saturated carbocycles. The molecule has 1 aliphatic heterocycles. The number of hydrogen-bond donors (Lipinski definition) is 1. The molecule has 1 fully saturated rings. The fourth-order valence-electron chi connectivity index (χ4n) is 3.75. The first kappa shape index (κ1) is 20.4. The number of nitrogens with zero attached hydrogens (tertiary/aromatic N) is 1. The Morgan fingerprint density at radius 2 is 1.69 bits per heavy atom. The van der Waals surface area contributed by atoms with E-state index in [-0.39, 0.29) is 11.2 Å². The highest BCUT2D eigenvalue weighted by atomic mass is 32.2. The zero-order valence-corrected chi connectivity index (χ0v) is 17.9. The molecule has 0 spiro atoms. The average molecular weight is 428 g/mol. The summed E-state index contributed by atoms with van der Waals surface area (Å²) in [5.74, 6) is 0.0611. The summed E-state index contributed by atoms with van der Waals surface area (Å²) >= 11 is 4.69. The molecule has 29 heavy (non-hydrogen) atoms. The van der Waals surface area contributed by atoms with Crippen LogP contribution in [0.2, 0.25) is 0 Å². The fourth-order valence-corrected chi connectivity index (χ4v) is 5.59. The van der Waals surface area contributed by atoms with E-state index in [4.69, 9.17) is 4.74 Å². The summed E-state index contributed by atoms with van der Waals surface area (Å²) in [6.45, 7) is 1.93. The molecule has 3 aromatic rings. The van der Waals surface area contributed by atoms with Gasteiger partial charge in [-0.15, -0.1) is 0 Å². The van der Waals surface area contributed by atoms with Crippen LogP contribution in [-0.2, 0) is 21.4 Å². The summed E-state index contributed by atoms with van der Waals surface area (Å²) in [5, 5.41) is 2.10. The molecule has 0 aliphatic carbocycles. The van der Waals surface area contributed by atoms with E-state index < -0.39 is 10.0 Å². The zero-order chi connectivity index (χ0) is 20.3. The average Bonchev–Trinajstić information content (AvgIpc) is 2.75. The second-order valence-electron chi connectivity index (χ2n) is 7.49. The van der Waals surface area contributed by atoms with Gasteiger partial charge in [-0.3, -0.25) is 0 Å². The molecule has 0 radical (unpaired) electrons. The highest BCUT2D eigenvalue weighted by Crippen LogP contribution is 2.28. The number of sulfonamides is 1. The molecule has 4 nitrogen and oxygen atoms in total. The van der Waals surface area contributed by atoms with Crippen molar-refractivity contribution >= 4 is 33.4 Å². The Morgan fingerprint density at radius 1 is 0.966 bits per heavy atom. The van der Waals surface area contributed by atoms with Gasteiger partial charge in [0.15, 0.2) is 0 Å². The van der Waals surface area contributed by atoms with Crippen LogP contribution in [0, 0.1) is 5.92 Å². The standard InChI is InChI=1S/C23H25NO3S2/c25-29(26,22-11-10-19-8-4-5-9-20(19)14-22)24-13-12-23(28)21(15-24)17-27-16-18-6-2-1-3-7-18/h1-11,14,21,23,28H,12-13,15-17H2/t21-,23-/m1/s1. The predicted octanol–water partition coefficient (Wildman–Crippen LogP) is 4.37. The molecule has 3 aromatic carbocycles. The van der Waals surface area contributed by atoms with Crippen molar-refractivity contribution in [2.45, 2.75) is 23.2 Å². The number of ether oxygens (including phenoxy) is 1. The van der Waals surface area contributed by atoms with Crippen LogP contribution in [0.4, 0.5) is 0 Å². The van der Waals surface area contributed by atoms with Crippen LogP contribution in [0.1, 0.15) is 12.0 Å². The first-order chi connectivity index (χ1) is 14.0. The largest absolute Gasteiger partial charge is 0.376 e. The molecule has 4 rings (SSSR count). The first-order valence-electron chi connectivity index (χ1n) is 9.83. The van der Waals surface area contributed by atoms with Crippen molar-refractivity contribution in [1.29, 1.82) is 0 Å². The number of hydrogen-bond acceptors (Lipinski definition) is 4. The van der Waals surface area contributed by atoms with Crippen molar-refractivity contribution in [2.75, 3.05) is 19.7 Å². The van der Waals surface area contributed by atoms with Gasteiger partial charge >= 0.3 is 0 Å².